The minimum absolute atomic E-state index is 0.384. The predicted octanol–water partition coefficient (Wildman–Crippen LogP) is 3.28. The lowest BCUT2D eigenvalue weighted by atomic mass is 9.86. The van der Waals surface area contributed by atoms with Crippen LogP contribution in [0.2, 0.25) is 0 Å². The number of hydrogen-bond acceptors (Lipinski definition) is 2. The maximum Gasteiger partial charge on any atom is 0.0647 e. The molecule has 1 nitrogen and oxygen atoms in total. The maximum atomic E-state index is 6.41. The molecule has 15 heavy (non-hydrogen) atoms. The molecule has 0 spiro atoms. The zero-order valence-electron chi connectivity index (χ0n) is 9.03. The molecule has 0 bridgehead atoms. The van der Waals surface area contributed by atoms with Gasteiger partial charge in [0.25, 0.3) is 0 Å². The summed E-state index contributed by atoms with van der Waals surface area (Å²) in [6.45, 7) is 4.19. The van der Waals surface area contributed by atoms with Gasteiger partial charge in [0.2, 0.25) is 0 Å². The fourth-order valence-corrected chi connectivity index (χ4v) is 2.68. The van der Waals surface area contributed by atoms with E-state index in [-0.39, 0.29) is 5.54 Å². The number of nitrogens with two attached hydrogens (primary N) is 1. The summed E-state index contributed by atoms with van der Waals surface area (Å²) in [4.78, 5) is 1.30. The Hall–Kier alpha value is -1.12. The minimum Gasteiger partial charge on any atom is -0.318 e. The molecule has 1 unspecified atom stereocenters. The molecule has 0 aliphatic rings. The Morgan fingerprint density at radius 2 is 1.80 bits per heavy atom. The molecule has 1 aromatic carbocycles. The number of benzene rings is 1. The second kappa shape index (κ2) is 3.80. The van der Waals surface area contributed by atoms with E-state index in [2.05, 4.69) is 37.4 Å². The average molecular weight is 217 g/mol. The van der Waals surface area contributed by atoms with Crippen molar-refractivity contribution in [1.82, 2.24) is 0 Å². The molecule has 0 radical (unpaired) electrons. The van der Waals surface area contributed by atoms with Gasteiger partial charge in [0.15, 0.2) is 0 Å². The smallest absolute Gasteiger partial charge is 0.0647 e. The summed E-state index contributed by atoms with van der Waals surface area (Å²) in [5, 5.41) is 2.10. The zero-order valence-corrected chi connectivity index (χ0v) is 9.84. The monoisotopic (exact) mass is 217 g/mol. The van der Waals surface area contributed by atoms with E-state index < -0.39 is 0 Å². The van der Waals surface area contributed by atoms with Crippen molar-refractivity contribution in [1.29, 1.82) is 0 Å². The molecule has 0 aliphatic carbocycles. The van der Waals surface area contributed by atoms with Crippen molar-refractivity contribution in [3.8, 4) is 0 Å². The summed E-state index contributed by atoms with van der Waals surface area (Å²) in [7, 11) is 0. The van der Waals surface area contributed by atoms with Crippen molar-refractivity contribution in [2.24, 2.45) is 5.73 Å². The van der Waals surface area contributed by atoms with E-state index in [1.807, 2.05) is 18.2 Å². The molecule has 2 aromatic rings. The van der Waals surface area contributed by atoms with E-state index >= 15 is 0 Å². The van der Waals surface area contributed by atoms with Crippen LogP contribution in [0.3, 0.4) is 0 Å². The number of hydrogen-bond donors (Lipinski definition) is 1. The van der Waals surface area contributed by atoms with E-state index in [0.29, 0.717) is 0 Å². The SMILES string of the molecule is Cc1sccc1C(C)(N)c1ccccc1. The van der Waals surface area contributed by atoms with Gasteiger partial charge in [-0.05, 0) is 36.4 Å². The van der Waals surface area contributed by atoms with E-state index in [0.717, 1.165) is 5.56 Å². The van der Waals surface area contributed by atoms with Gasteiger partial charge in [-0.25, -0.2) is 0 Å². The lowest BCUT2D eigenvalue weighted by molar-refractivity contribution is 0.602. The van der Waals surface area contributed by atoms with Crippen molar-refractivity contribution in [3.63, 3.8) is 0 Å². The van der Waals surface area contributed by atoms with Crippen LogP contribution >= 0.6 is 11.3 Å². The Morgan fingerprint density at radius 3 is 2.33 bits per heavy atom. The lowest BCUT2D eigenvalue weighted by Crippen LogP contribution is -2.34. The minimum atomic E-state index is -0.384. The maximum absolute atomic E-state index is 6.41. The second-order valence-electron chi connectivity index (χ2n) is 3.96. The molecule has 2 N–H and O–H groups in total. The highest BCUT2D eigenvalue weighted by atomic mass is 32.1. The molecule has 1 heterocycles. The normalized spacial score (nSPS) is 14.9. The van der Waals surface area contributed by atoms with E-state index in [9.17, 15) is 0 Å². The van der Waals surface area contributed by atoms with Gasteiger partial charge in [-0.3, -0.25) is 0 Å². The van der Waals surface area contributed by atoms with E-state index in [1.165, 1.54) is 10.4 Å². The first-order valence-electron chi connectivity index (χ1n) is 5.01. The third kappa shape index (κ3) is 1.83. The first-order chi connectivity index (χ1) is 7.12. The number of rotatable bonds is 2. The zero-order chi connectivity index (χ0) is 10.9. The van der Waals surface area contributed by atoms with Crippen LogP contribution in [0.1, 0.15) is 22.9 Å². The van der Waals surface area contributed by atoms with Gasteiger partial charge in [-0.2, -0.15) is 0 Å². The van der Waals surface area contributed by atoms with Gasteiger partial charge in [0, 0.05) is 4.88 Å². The number of thiophene rings is 1. The van der Waals surface area contributed by atoms with Gasteiger partial charge in [-0.1, -0.05) is 30.3 Å². The van der Waals surface area contributed by atoms with Crippen LogP contribution in [0.15, 0.2) is 41.8 Å². The van der Waals surface area contributed by atoms with Crippen LogP contribution in [-0.2, 0) is 5.54 Å². The third-order valence-electron chi connectivity index (χ3n) is 2.79. The summed E-state index contributed by atoms with van der Waals surface area (Å²) in [6.07, 6.45) is 0. The Balaban J connectivity index is 2.48. The molecule has 0 aliphatic heterocycles. The Morgan fingerprint density at radius 1 is 1.13 bits per heavy atom. The summed E-state index contributed by atoms with van der Waals surface area (Å²) >= 11 is 1.75. The quantitative estimate of drug-likeness (QED) is 0.820. The molecule has 0 saturated heterocycles. The molecule has 1 aromatic heterocycles. The fraction of sp³-hybridized carbons (Fsp3) is 0.231. The fourth-order valence-electron chi connectivity index (χ4n) is 1.86. The highest BCUT2D eigenvalue weighted by Gasteiger charge is 2.25. The summed E-state index contributed by atoms with van der Waals surface area (Å²) in [5.41, 5.74) is 8.41. The third-order valence-corrected chi connectivity index (χ3v) is 3.64. The van der Waals surface area contributed by atoms with Crippen LogP contribution in [0.5, 0.6) is 0 Å². The van der Waals surface area contributed by atoms with Crippen molar-refractivity contribution >= 4 is 11.3 Å². The van der Waals surface area contributed by atoms with Gasteiger partial charge in [-0.15, -0.1) is 11.3 Å². The topological polar surface area (TPSA) is 26.0 Å². The Bertz CT molecular complexity index is 443. The predicted molar refractivity (Wildman–Crippen MR) is 66.1 cm³/mol. The molecule has 0 amide bonds. The molecule has 1 atom stereocenters. The molecular weight excluding hydrogens is 202 g/mol. The van der Waals surface area contributed by atoms with Gasteiger partial charge in [0.05, 0.1) is 5.54 Å². The Kier molecular flexibility index (Phi) is 2.63. The average Bonchev–Trinajstić information content (AvgIpc) is 2.66. The summed E-state index contributed by atoms with van der Waals surface area (Å²) in [6, 6.07) is 12.4. The molecule has 2 rings (SSSR count). The van der Waals surface area contributed by atoms with Gasteiger partial charge < -0.3 is 5.73 Å². The van der Waals surface area contributed by atoms with Gasteiger partial charge in [0.1, 0.15) is 0 Å². The van der Waals surface area contributed by atoms with Crippen molar-refractivity contribution in [2.45, 2.75) is 19.4 Å². The highest BCUT2D eigenvalue weighted by Crippen LogP contribution is 2.31. The molecule has 78 valence electrons. The van der Waals surface area contributed by atoms with E-state index in [4.69, 9.17) is 5.73 Å². The molecule has 2 heteroatoms. The Labute approximate surface area is 94.6 Å². The molecule has 0 fully saturated rings. The van der Waals surface area contributed by atoms with Crippen LogP contribution in [0.25, 0.3) is 0 Å². The second-order valence-corrected chi connectivity index (χ2v) is 5.08. The summed E-state index contributed by atoms with van der Waals surface area (Å²) in [5.74, 6) is 0. The first kappa shape index (κ1) is 10.4. The van der Waals surface area contributed by atoms with Crippen molar-refractivity contribution < 1.29 is 0 Å². The standard InChI is InChI=1S/C13H15NS/c1-10-12(8-9-15-10)13(2,14)11-6-4-3-5-7-11/h3-9H,14H2,1-2H3. The van der Waals surface area contributed by atoms with Crippen molar-refractivity contribution in [3.05, 3.63) is 57.8 Å². The molecule has 0 saturated carbocycles. The first-order valence-corrected chi connectivity index (χ1v) is 5.89. The summed E-state index contributed by atoms with van der Waals surface area (Å²) < 4.78 is 0. The number of aryl methyl sites for hydroxylation is 1. The van der Waals surface area contributed by atoms with Crippen molar-refractivity contribution in [2.75, 3.05) is 0 Å². The largest absolute Gasteiger partial charge is 0.318 e. The van der Waals surface area contributed by atoms with Crippen LogP contribution < -0.4 is 5.73 Å². The van der Waals surface area contributed by atoms with E-state index in [1.54, 1.807) is 11.3 Å². The molecular formula is C13H15NS. The lowest BCUT2D eigenvalue weighted by Gasteiger charge is -2.25. The van der Waals surface area contributed by atoms with Crippen LogP contribution in [-0.4, -0.2) is 0 Å². The highest BCUT2D eigenvalue weighted by molar-refractivity contribution is 7.10. The van der Waals surface area contributed by atoms with Gasteiger partial charge >= 0.3 is 0 Å². The van der Waals surface area contributed by atoms with Crippen LogP contribution in [0, 0.1) is 6.92 Å². The van der Waals surface area contributed by atoms with Crippen LogP contribution in [0.4, 0.5) is 0 Å².